The van der Waals surface area contributed by atoms with Crippen LogP contribution in [-0.4, -0.2) is 14.2 Å². The molecule has 1 N–H and O–H groups in total. The fourth-order valence-corrected chi connectivity index (χ4v) is 3.37. The molecule has 0 fully saturated rings. The van der Waals surface area contributed by atoms with Gasteiger partial charge in [-0.2, -0.15) is 0 Å². The first-order chi connectivity index (χ1) is 7.44. The van der Waals surface area contributed by atoms with E-state index in [1.54, 1.807) is 6.07 Å². The molecule has 0 aliphatic heterocycles. The number of rotatable bonds is 5. The van der Waals surface area contributed by atoms with Crippen molar-refractivity contribution in [2.45, 2.75) is 19.2 Å². The Morgan fingerprint density at radius 2 is 1.94 bits per heavy atom. The lowest BCUT2D eigenvalue weighted by molar-refractivity contribution is 0.587. The molecule has 16 heavy (non-hydrogen) atoms. The van der Waals surface area contributed by atoms with Crippen LogP contribution in [0.2, 0.25) is 0 Å². The number of halogens is 1. The molecule has 0 atom stereocenters. The van der Waals surface area contributed by atoms with E-state index in [2.05, 4.69) is 20.7 Å². The molecule has 0 saturated heterocycles. The zero-order chi connectivity index (χ0) is 12.2. The summed E-state index contributed by atoms with van der Waals surface area (Å²) in [5.74, 6) is 0.262. The van der Waals surface area contributed by atoms with Gasteiger partial charge in [0.2, 0.25) is 10.0 Å². The summed E-state index contributed by atoms with van der Waals surface area (Å²) in [6.07, 6.45) is 0. The van der Waals surface area contributed by atoms with E-state index in [9.17, 15) is 8.42 Å². The summed E-state index contributed by atoms with van der Waals surface area (Å²) in [6.45, 7) is 3.77. The van der Waals surface area contributed by atoms with E-state index < -0.39 is 10.0 Å². The quantitative estimate of drug-likeness (QED) is 0.850. The zero-order valence-electron chi connectivity index (χ0n) is 9.40. The Hall–Kier alpha value is -0.550. The molecule has 0 heterocycles. The molecule has 0 unspecified atom stereocenters. The monoisotopic (exact) mass is 305 g/mol. The summed E-state index contributed by atoms with van der Waals surface area (Å²) in [6, 6.07) is 7.37. The summed E-state index contributed by atoms with van der Waals surface area (Å²) < 4.78 is 26.1. The fourth-order valence-electron chi connectivity index (χ4n) is 1.38. The molecule has 90 valence electrons. The molecule has 0 aromatic heterocycles. The molecule has 5 heteroatoms. The topological polar surface area (TPSA) is 46.2 Å². The second kappa shape index (κ2) is 5.68. The number of hydrogen-bond donors (Lipinski definition) is 1. The Morgan fingerprint density at radius 3 is 2.50 bits per heavy atom. The minimum absolute atomic E-state index is 0.119. The molecule has 0 spiro atoms. The van der Waals surface area contributed by atoms with E-state index in [1.807, 2.05) is 32.0 Å². The Labute approximate surface area is 105 Å². The van der Waals surface area contributed by atoms with Crippen molar-refractivity contribution in [1.29, 1.82) is 0 Å². The molecular weight excluding hydrogens is 290 g/mol. The first-order valence-electron chi connectivity index (χ1n) is 5.09. The highest BCUT2D eigenvalue weighted by atomic mass is 79.9. The lowest BCUT2D eigenvalue weighted by Crippen LogP contribution is -2.20. The van der Waals surface area contributed by atoms with E-state index in [1.165, 1.54) is 0 Å². The van der Waals surface area contributed by atoms with Crippen molar-refractivity contribution in [2.75, 3.05) is 10.5 Å². The normalized spacial score (nSPS) is 11.8. The van der Waals surface area contributed by atoms with Crippen LogP contribution in [0.4, 0.5) is 5.69 Å². The van der Waals surface area contributed by atoms with Crippen LogP contribution in [0.15, 0.2) is 24.3 Å². The van der Waals surface area contributed by atoms with Crippen molar-refractivity contribution in [3.05, 3.63) is 29.8 Å². The predicted molar refractivity (Wildman–Crippen MR) is 71.3 cm³/mol. The van der Waals surface area contributed by atoms with E-state index in [4.69, 9.17) is 0 Å². The lowest BCUT2D eigenvalue weighted by atomic mass is 10.2. The summed E-state index contributed by atoms with van der Waals surface area (Å²) in [5.41, 5.74) is 1.59. The van der Waals surface area contributed by atoms with Gasteiger partial charge in [-0.15, -0.1) is 0 Å². The second-order valence-electron chi connectivity index (χ2n) is 4.07. The van der Waals surface area contributed by atoms with Gasteiger partial charge in [-0.1, -0.05) is 48.0 Å². The van der Waals surface area contributed by atoms with Gasteiger partial charge in [0.05, 0.1) is 11.4 Å². The van der Waals surface area contributed by atoms with Crippen LogP contribution in [0.5, 0.6) is 0 Å². The molecule has 1 rings (SSSR count). The zero-order valence-corrected chi connectivity index (χ0v) is 11.8. The number of alkyl halides is 1. The molecule has 0 amide bonds. The van der Waals surface area contributed by atoms with Gasteiger partial charge >= 0.3 is 0 Å². The third kappa shape index (κ3) is 4.14. The number of benzene rings is 1. The van der Waals surface area contributed by atoms with Crippen LogP contribution in [0.25, 0.3) is 0 Å². The summed E-state index contributed by atoms with van der Waals surface area (Å²) in [7, 11) is -3.24. The molecule has 0 aliphatic carbocycles. The molecule has 3 nitrogen and oxygen atoms in total. The van der Waals surface area contributed by atoms with Gasteiger partial charge in [0.1, 0.15) is 0 Å². The highest BCUT2D eigenvalue weighted by Gasteiger charge is 2.14. The van der Waals surface area contributed by atoms with Gasteiger partial charge in [0, 0.05) is 5.33 Å². The Morgan fingerprint density at radius 1 is 1.31 bits per heavy atom. The first kappa shape index (κ1) is 13.5. The number of nitrogens with one attached hydrogen (secondary N) is 1. The standard InChI is InChI=1S/C11H16BrNO2S/c1-9(2)8-16(14,15)13-11-6-4-3-5-10(11)7-12/h3-6,9,13H,7-8H2,1-2H3. The van der Waals surface area contributed by atoms with Crippen molar-refractivity contribution < 1.29 is 8.42 Å². The number of para-hydroxylation sites is 1. The number of anilines is 1. The summed E-state index contributed by atoms with van der Waals surface area (Å²) in [4.78, 5) is 0. The lowest BCUT2D eigenvalue weighted by Gasteiger charge is -2.12. The molecule has 0 saturated carbocycles. The predicted octanol–water partition coefficient (Wildman–Crippen LogP) is 2.98. The average molecular weight is 306 g/mol. The minimum Gasteiger partial charge on any atom is -0.283 e. The van der Waals surface area contributed by atoms with Crippen molar-refractivity contribution in [1.82, 2.24) is 0 Å². The van der Waals surface area contributed by atoms with Crippen LogP contribution in [0.3, 0.4) is 0 Å². The van der Waals surface area contributed by atoms with Gasteiger partial charge < -0.3 is 0 Å². The molecule has 0 aliphatic rings. The summed E-state index contributed by atoms with van der Waals surface area (Å²) >= 11 is 3.33. The highest BCUT2D eigenvalue weighted by molar-refractivity contribution is 9.08. The maximum atomic E-state index is 11.8. The maximum Gasteiger partial charge on any atom is 0.232 e. The third-order valence-corrected chi connectivity index (χ3v) is 4.22. The van der Waals surface area contributed by atoms with Crippen LogP contribution >= 0.6 is 15.9 Å². The smallest absolute Gasteiger partial charge is 0.232 e. The van der Waals surface area contributed by atoms with Crippen molar-refractivity contribution in [2.24, 2.45) is 5.92 Å². The van der Waals surface area contributed by atoms with Crippen molar-refractivity contribution in [3.63, 3.8) is 0 Å². The SMILES string of the molecule is CC(C)CS(=O)(=O)Nc1ccccc1CBr. The Balaban J connectivity index is 2.88. The van der Waals surface area contributed by atoms with E-state index in [0.717, 1.165) is 5.56 Å². The van der Waals surface area contributed by atoms with Gasteiger partial charge in [-0.3, -0.25) is 4.72 Å². The molecule has 1 aromatic carbocycles. The molecule has 1 aromatic rings. The minimum atomic E-state index is -3.24. The van der Waals surface area contributed by atoms with Gasteiger partial charge in [-0.05, 0) is 17.5 Å². The van der Waals surface area contributed by atoms with E-state index in [0.29, 0.717) is 11.0 Å². The largest absolute Gasteiger partial charge is 0.283 e. The highest BCUT2D eigenvalue weighted by Crippen LogP contribution is 2.19. The van der Waals surface area contributed by atoms with Crippen LogP contribution in [0.1, 0.15) is 19.4 Å². The van der Waals surface area contributed by atoms with Gasteiger partial charge in [0.15, 0.2) is 0 Å². The van der Waals surface area contributed by atoms with Gasteiger partial charge in [-0.25, -0.2) is 8.42 Å². The number of hydrogen-bond acceptors (Lipinski definition) is 2. The van der Waals surface area contributed by atoms with Crippen molar-refractivity contribution >= 4 is 31.6 Å². The Kier molecular flexibility index (Phi) is 4.80. The fraction of sp³-hybridized carbons (Fsp3) is 0.455. The summed E-state index contributed by atoms with van der Waals surface area (Å²) in [5, 5.41) is 0.632. The number of sulfonamides is 1. The van der Waals surface area contributed by atoms with Crippen LogP contribution in [-0.2, 0) is 15.4 Å². The maximum absolute atomic E-state index is 11.8. The first-order valence-corrected chi connectivity index (χ1v) is 7.86. The van der Waals surface area contributed by atoms with E-state index in [-0.39, 0.29) is 11.7 Å². The second-order valence-corrected chi connectivity index (χ2v) is 6.40. The van der Waals surface area contributed by atoms with E-state index >= 15 is 0 Å². The average Bonchev–Trinajstić information content (AvgIpc) is 2.15. The third-order valence-electron chi connectivity index (χ3n) is 1.98. The van der Waals surface area contributed by atoms with Crippen LogP contribution in [0, 0.1) is 5.92 Å². The van der Waals surface area contributed by atoms with Crippen LogP contribution < -0.4 is 4.72 Å². The Bertz CT molecular complexity index is 443. The van der Waals surface area contributed by atoms with Crippen molar-refractivity contribution in [3.8, 4) is 0 Å². The van der Waals surface area contributed by atoms with Gasteiger partial charge in [0.25, 0.3) is 0 Å². The molecule has 0 bridgehead atoms. The molecular formula is C11H16BrNO2S. The molecule has 0 radical (unpaired) electrons.